The highest BCUT2D eigenvalue weighted by Crippen LogP contribution is 2.18. The zero-order valence-electron chi connectivity index (χ0n) is 10.5. The quantitative estimate of drug-likeness (QED) is 0.796. The molecule has 20 heavy (non-hydrogen) atoms. The van der Waals surface area contributed by atoms with E-state index in [1.165, 1.54) is 12.1 Å². The van der Waals surface area contributed by atoms with Crippen molar-refractivity contribution in [1.82, 2.24) is 10.3 Å². The molecule has 1 atom stereocenters. The maximum absolute atomic E-state index is 12.1. The Kier molecular flexibility index (Phi) is 5.02. The molecule has 2 aromatic rings. The smallest absolute Gasteiger partial charge is 0.251 e. The van der Waals surface area contributed by atoms with Crippen molar-refractivity contribution in [2.75, 3.05) is 0 Å². The minimum absolute atomic E-state index is 0.124. The molecular formula is C14H11BrCl2N2O. The molecule has 0 spiro atoms. The maximum atomic E-state index is 12.1. The number of benzene rings is 1. The summed E-state index contributed by atoms with van der Waals surface area (Å²) < 4.78 is 0.993. The molecule has 6 heteroatoms. The summed E-state index contributed by atoms with van der Waals surface area (Å²) in [5, 5.41) is 3.27. The molecule has 0 aliphatic heterocycles. The van der Waals surface area contributed by atoms with Gasteiger partial charge in [-0.05, 0) is 36.8 Å². The molecule has 0 bridgehead atoms. The van der Waals surface area contributed by atoms with Crippen molar-refractivity contribution in [2.24, 2.45) is 0 Å². The van der Waals surface area contributed by atoms with E-state index in [1.54, 1.807) is 0 Å². The highest BCUT2D eigenvalue weighted by atomic mass is 79.9. The lowest BCUT2D eigenvalue weighted by Gasteiger charge is -2.14. The summed E-state index contributed by atoms with van der Waals surface area (Å²) in [5.41, 5.74) is 1.40. The van der Waals surface area contributed by atoms with Crippen LogP contribution in [0.2, 0.25) is 10.3 Å². The average molecular weight is 374 g/mol. The van der Waals surface area contributed by atoms with E-state index in [1.807, 2.05) is 31.2 Å². The molecule has 0 radical (unpaired) electrons. The summed E-state index contributed by atoms with van der Waals surface area (Å²) >= 11 is 14.9. The van der Waals surface area contributed by atoms with E-state index in [4.69, 9.17) is 23.2 Å². The van der Waals surface area contributed by atoms with Gasteiger partial charge in [-0.15, -0.1) is 0 Å². The summed E-state index contributed by atoms with van der Waals surface area (Å²) in [4.78, 5) is 15.9. The first-order valence-corrected chi connectivity index (χ1v) is 7.40. The van der Waals surface area contributed by atoms with Gasteiger partial charge in [0, 0.05) is 10.0 Å². The Balaban J connectivity index is 2.12. The van der Waals surface area contributed by atoms with Crippen LogP contribution >= 0.6 is 39.1 Å². The Labute approximate surface area is 135 Å². The minimum atomic E-state index is -0.244. The predicted octanol–water partition coefficient (Wildman–Crippen LogP) is 4.64. The molecule has 0 unspecified atom stereocenters. The normalized spacial score (nSPS) is 12.0. The van der Waals surface area contributed by atoms with Crippen molar-refractivity contribution < 1.29 is 4.79 Å². The Bertz CT molecular complexity index is 611. The van der Waals surface area contributed by atoms with Crippen molar-refractivity contribution in [3.05, 3.63) is 62.3 Å². The second-order valence-corrected chi connectivity index (χ2v) is 5.94. The Hall–Kier alpha value is -1.10. The van der Waals surface area contributed by atoms with Crippen LogP contribution in [0.25, 0.3) is 0 Å². The second kappa shape index (κ2) is 6.57. The first-order chi connectivity index (χ1) is 9.45. The van der Waals surface area contributed by atoms with Gasteiger partial charge < -0.3 is 5.32 Å². The number of carbonyl (C=O) groups excluding carboxylic acids is 1. The topological polar surface area (TPSA) is 42.0 Å². The average Bonchev–Trinajstić information content (AvgIpc) is 2.38. The summed E-state index contributed by atoms with van der Waals surface area (Å²) in [5.74, 6) is -0.244. The van der Waals surface area contributed by atoms with Gasteiger partial charge in [-0.25, -0.2) is 4.98 Å². The molecule has 0 saturated heterocycles. The van der Waals surface area contributed by atoms with Crippen molar-refractivity contribution in [3.8, 4) is 0 Å². The molecule has 0 fully saturated rings. The Morgan fingerprint density at radius 2 is 1.75 bits per heavy atom. The second-order valence-electron chi connectivity index (χ2n) is 4.25. The third-order valence-electron chi connectivity index (χ3n) is 2.74. The van der Waals surface area contributed by atoms with Crippen LogP contribution in [0.4, 0.5) is 0 Å². The molecule has 0 aliphatic rings. The van der Waals surface area contributed by atoms with Gasteiger partial charge in [0.2, 0.25) is 0 Å². The standard InChI is InChI=1S/C14H11BrCl2N2O/c1-8(9-2-4-11(15)5-3-9)18-14(20)10-6-12(16)19-13(17)7-10/h2-8H,1H3,(H,18,20)/t8-/m0/s1. The number of nitrogens with one attached hydrogen (secondary N) is 1. The van der Waals surface area contributed by atoms with Crippen LogP contribution in [0.3, 0.4) is 0 Å². The molecule has 1 heterocycles. The van der Waals surface area contributed by atoms with Gasteiger partial charge in [0.25, 0.3) is 5.91 Å². The van der Waals surface area contributed by atoms with Crippen LogP contribution in [0.5, 0.6) is 0 Å². The van der Waals surface area contributed by atoms with E-state index in [9.17, 15) is 4.79 Å². The van der Waals surface area contributed by atoms with Crippen LogP contribution in [-0.4, -0.2) is 10.9 Å². The molecule has 104 valence electrons. The number of carbonyl (C=O) groups is 1. The number of halogens is 3. The van der Waals surface area contributed by atoms with Gasteiger partial charge in [0.15, 0.2) is 0 Å². The number of amides is 1. The van der Waals surface area contributed by atoms with Gasteiger partial charge in [-0.2, -0.15) is 0 Å². The van der Waals surface area contributed by atoms with Gasteiger partial charge in [0.1, 0.15) is 10.3 Å². The lowest BCUT2D eigenvalue weighted by atomic mass is 10.1. The van der Waals surface area contributed by atoms with Crippen LogP contribution in [-0.2, 0) is 0 Å². The van der Waals surface area contributed by atoms with Gasteiger partial charge in [0.05, 0.1) is 6.04 Å². The Morgan fingerprint density at radius 3 is 2.30 bits per heavy atom. The first-order valence-electron chi connectivity index (χ1n) is 5.85. The molecule has 0 saturated carbocycles. The van der Waals surface area contributed by atoms with E-state index >= 15 is 0 Å². The van der Waals surface area contributed by atoms with Crippen LogP contribution in [0.1, 0.15) is 28.9 Å². The Morgan fingerprint density at radius 1 is 1.20 bits per heavy atom. The van der Waals surface area contributed by atoms with Gasteiger partial charge >= 0.3 is 0 Å². The predicted molar refractivity (Wildman–Crippen MR) is 84.3 cm³/mol. The molecular weight excluding hydrogens is 363 g/mol. The summed E-state index contributed by atoms with van der Waals surface area (Å²) in [6, 6.07) is 10.6. The summed E-state index contributed by atoms with van der Waals surface area (Å²) in [6.45, 7) is 1.91. The van der Waals surface area contributed by atoms with Crippen LogP contribution < -0.4 is 5.32 Å². The third kappa shape index (κ3) is 3.95. The number of hydrogen-bond donors (Lipinski definition) is 1. The number of aromatic nitrogens is 1. The molecule has 1 N–H and O–H groups in total. The molecule has 2 rings (SSSR count). The minimum Gasteiger partial charge on any atom is -0.346 e. The SMILES string of the molecule is C[C@H](NC(=O)c1cc(Cl)nc(Cl)c1)c1ccc(Br)cc1. The maximum Gasteiger partial charge on any atom is 0.251 e. The molecule has 1 amide bonds. The first kappa shape index (κ1) is 15.3. The van der Waals surface area contributed by atoms with Crippen LogP contribution in [0.15, 0.2) is 40.9 Å². The van der Waals surface area contributed by atoms with E-state index in [2.05, 4.69) is 26.2 Å². The largest absolute Gasteiger partial charge is 0.346 e. The zero-order chi connectivity index (χ0) is 14.7. The number of pyridine rings is 1. The highest BCUT2D eigenvalue weighted by Gasteiger charge is 2.13. The lowest BCUT2D eigenvalue weighted by molar-refractivity contribution is 0.0940. The van der Waals surface area contributed by atoms with Gasteiger partial charge in [-0.1, -0.05) is 51.3 Å². The van der Waals surface area contributed by atoms with Crippen molar-refractivity contribution in [3.63, 3.8) is 0 Å². The third-order valence-corrected chi connectivity index (χ3v) is 3.66. The van der Waals surface area contributed by atoms with E-state index in [0.717, 1.165) is 10.0 Å². The summed E-state index contributed by atoms with van der Waals surface area (Å²) in [6.07, 6.45) is 0. The molecule has 0 aliphatic carbocycles. The van der Waals surface area contributed by atoms with E-state index in [0.29, 0.717) is 5.56 Å². The van der Waals surface area contributed by atoms with E-state index in [-0.39, 0.29) is 22.3 Å². The fraction of sp³-hybridized carbons (Fsp3) is 0.143. The van der Waals surface area contributed by atoms with Crippen molar-refractivity contribution in [1.29, 1.82) is 0 Å². The number of hydrogen-bond acceptors (Lipinski definition) is 2. The monoisotopic (exact) mass is 372 g/mol. The fourth-order valence-corrected chi connectivity index (χ4v) is 2.44. The van der Waals surface area contributed by atoms with Crippen molar-refractivity contribution >= 4 is 45.0 Å². The number of nitrogens with zero attached hydrogens (tertiary/aromatic N) is 1. The summed E-state index contributed by atoms with van der Waals surface area (Å²) in [7, 11) is 0. The molecule has 1 aromatic carbocycles. The van der Waals surface area contributed by atoms with E-state index < -0.39 is 0 Å². The van der Waals surface area contributed by atoms with Crippen molar-refractivity contribution in [2.45, 2.75) is 13.0 Å². The van der Waals surface area contributed by atoms with Crippen LogP contribution in [0, 0.1) is 0 Å². The lowest BCUT2D eigenvalue weighted by Crippen LogP contribution is -2.26. The zero-order valence-corrected chi connectivity index (χ0v) is 13.6. The molecule has 1 aromatic heterocycles. The van der Waals surface area contributed by atoms with Gasteiger partial charge in [-0.3, -0.25) is 4.79 Å². The fourth-order valence-electron chi connectivity index (χ4n) is 1.71. The molecule has 3 nitrogen and oxygen atoms in total. The number of rotatable bonds is 3. The highest BCUT2D eigenvalue weighted by molar-refractivity contribution is 9.10.